The summed E-state index contributed by atoms with van der Waals surface area (Å²) >= 11 is 6.43. The molecule has 0 saturated carbocycles. The number of anilines is 2. The summed E-state index contributed by atoms with van der Waals surface area (Å²) in [4.78, 5) is 15.8. The Bertz CT molecular complexity index is 1270. The minimum Gasteiger partial charge on any atom is -0.495 e. The van der Waals surface area contributed by atoms with Crippen molar-refractivity contribution in [1.29, 1.82) is 0 Å². The van der Waals surface area contributed by atoms with E-state index in [9.17, 15) is 5.11 Å². The smallest absolute Gasteiger partial charge is 0.227 e. The van der Waals surface area contributed by atoms with Crippen LogP contribution in [0.2, 0.25) is 5.02 Å². The Morgan fingerprint density at radius 1 is 1.15 bits per heavy atom. The second-order valence-corrected chi connectivity index (χ2v) is 8.54. The van der Waals surface area contributed by atoms with Crippen LogP contribution in [-0.2, 0) is 6.54 Å². The molecule has 1 aliphatic heterocycles. The predicted molar refractivity (Wildman–Crippen MR) is 128 cm³/mol. The van der Waals surface area contributed by atoms with E-state index in [-0.39, 0.29) is 6.10 Å². The number of likely N-dealkylation sites (tertiary alicyclic amines) is 1. The van der Waals surface area contributed by atoms with Crippen molar-refractivity contribution in [2.24, 2.45) is 0 Å². The number of piperidine rings is 1. The van der Waals surface area contributed by atoms with E-state index in [2.05, 4.69) is 31.2 Å². The molecule has 4 aromatic rings. The van der Waals surface area contributed by atoms with Gasteiger partial charge in [0.15, 0.2) is 0 Å². The Morgan fingerprint density at radius 3 is 2.82 bits per heavy atom. The number of hydrogen-bond donors (Lipinski definition) is 2. The fourth-order valence-electron chi connectivity index (χ4n) is 4.11. The van der Waals surface area contributed by atoms with Gasteiger partial charge in [0.25, 0.3) is 0 Å². The summed E-state index contributed by atoms with van der Waals surface area (Å²) < 4.78 is 7.57. The van der Waals surface area contributed by atoms with Crippen molar-refractivity contribution in [1.82, 2.24) is 24.3 Å². The molecule has 0 atom stereocenters. The molecule has 0 unspecified atom stereocenters. The van der Waals surface area contributed by atoms with Crippen molar-refractivity contribution in [2.45, 2.75) is 25.5 Å². The van der Waals surface area contributed by atoms with E-state index in [4.69, 9.17) is 16.3 Å². The number of halogens is 1. The zero-order valence-electron chi connectivity index (χ0n) is 18.3. The molecule has 2 N–H and O–H groups in total. The van der Waals surface area contributed by atoms with Gasteiger partial charge in [-0.2, -0.15) is 0 Å². The van der Waals surface area contributed by atoms with Crippen molar-refractivity contribution in [2.75, 3.05) is 25.5 Å². The van der Waals surface area contributed by atoms with Crippen LogP contribution in [-0.4, -0.2) is 55.7 Å². The first-order valence-electron chi connectivity index (χ1n) is 10.9. The summed E-state index contributed by atoms with van der Waals surface area (Å²) in [5.74, 6) is 1.12. The van der Waals surface area contributed by atoms with Gasteiger partial charge in [0.1, 0.15) is 17.1 Å². The molecule has 8 nitrogen and oxygen atoms in total. The molecule has 4 heterocycles. The maximum atomic E-state index is 9.72. The lowest BCUT2D eigenvalue weighted by Gasteiger charge is -2.29. The average Bonchev–Trinajstić information content (AvgIpc) is 3.26. The molecule has 0 bridgehead atoms. The minimum absolute atomic E-state index is 0.174. The maximum absolute atomic E-state index is 9.72. The number of benzene rings is 1. The van der Waals surface area contributed by atoms with Crippen LogP contribution in [0.3, 0.4) is 0 Å². The Balaban J connectivity index is 1.38. The number of pyridine rings is 1. The van der Waals surface area contributed by atoms with E-state index in [1.807, 2.05) is 40.9 Å². The molecule has 5 rings (SSSR count). The van der Waals surface area contributed by atoms with Crippen molar-refractivity contribution in [3.63, 3.8) is 0 Å². The van der Waals surface area contributed by atoms with Gasteiger partial charge in [-0.25, -0.2) is 15.0 Å². The number of fused-ring (bicyclic) bond motifs is 1. The monoisotopic (exact) mass is 464 g/mol. The van der Waals surface area contributed by atoms with E-state index in [0.29, 0.717) is 22.4 Å². The molecule has 1 fully saturated rings. The summed E-state index contributed by atoms with van der Waals surface area (Å²) in [5.41, 5.74) is 4.11. The van der Waals surface area contributed by atoms with Crippen molar-refractivity contribution < 1.29 is 9.84 Å². The molecular formula is C24H25ClN6O2. The molecule has 0 amide bonds. The van der Waals surface area contributed by atoms with Crippen molar-refractivity contribution in [3.05, 3.63) is 65.6 Å². The fraction of sp³-hybridized carbons (Fsp3) is 0.292. The summed E-state index contributed by atoms with van der Waals surface area (Å²) in [6.45, 7) is 2.61. The number of imidazole rings is 1. The third-order valence-corrected chi connectivity index (χ3v) is 6.16. The van der Waals surface area contributed by atoms with Crippen LogP contribution in [0.1, 0.15) is 18.4 Å². The molecule has 0 spiro atoms. The highest BCUT2D eigenvalue weighted by molar-refractivity contribution is 6.32. The standard InChI is InChI=1S/C24H25ClN6O2/c1-33-21-12-16(15-30-10-7-17(32)8-11-30)5-6-19(21)28-24-27-13-18(25)23(29-24)20-14-26-22-4-2-3-9-31(20)22/h2-6,9,12-14,17,32H,7-8,10-11,15H2,1H3,(H,27,28,29). The molecule has 33 heavy (non-hydrogen) atoms. The lowest BCUT2D eigenvalue weighted by molar-refractivity contribution is 0.0792. The number of aliphatic hydroxyl groups excluding tert-OH is 1. The van der Waals surface area contributed by atoms with E-state index in [1.165, 1.54) is 0 Å². The molecule has 1 aliphatic rings. The lowest BCUT2D eigenvalue weighted by atomic mass is 10.1. The van der Waals surface area contributed by atoms with Gasteiger partial charge in [0.2, 0.25) is 5.95 Å². The van der Waals surface area contributed by atoms with Gasteiger partial charge >= 0.3 is 0 Å². The van der Waals surface area contributed by atoms with Gasteiger partial charge < -0.3 is 15.2 Å². The van der Waals surface area contributed by atoms with Crippen molar-refractivity contribution in [3.8, 4) is 17.1 Å². The molecular weight excluding hydrogens is 440 g/mol. The molecule has 1 saturated heterocycles. The normalized spacial score (nSPS) is 15.1. The minimum atomic E-state index is -0.174. The molecule has 9 heteroatoms. The first kappa shape index (κ1) is 21.6. The van der Waals surface area contributed by atoms with Crippen LogP contribution < -0.4 is 10.1 Å². The number of rotatable bonds is 6. The van der Waals surface area contributed by atoms with Crippen LogP contribution in [0.25, 0.3) is 17.0 Å². The first-order chi connectivity index (χ1) is 16.1. The first-order valence-corrected chi connectivity index (χ1v) is 11.3. The van der Waals surface area contributed by atoms with Gasteiger partial charge in [-0.15, -0.1) is 0 Å². The van der Waals surface area contributed by atoms with E-state index < -0.39 is 0 Å². The third kappa shape index (κ3) is 4.64. The summed E-state index contributed by atoms with van der Waals surface area (Å²) in [7, 11) is 1.65. The summed E-state index contributed by atoms with van der Waals surface area (Å²) in [6.07, 6.45) is 6.72. The molecule has 3 aromatic heterocycles. The van der Waals surface area contributed by atoms with Crippen LogP contribution >= 0.6 is 11.6 Å². The average molecular weight is 465 g/mol. The quantitative estimate of drug-likeness (QED) is 0.443. The number of methoxy groups -OCH3 is 1. The number of aromatic nitrogens is 4. The highest BCUT2D eigenvalue weighted by Crippen LogP contribution is 2.31. The second-order valence-electron chi connectivity index (χ2n) is 8.13. The molecule has 0 radical (unpaired) electrons. The van der Waals surface area contributed by atoms with Crippen LogP contribution in [0.4, 0.5) is 11.6 Å². The van der Waals surface area contributed by atoms with Gasteiger partial charge in [-0.3, -0.25) is 9.30 Å². The number of hydrogen-bond acceptors (Lipinski definition) is 7. The highest BCUT2D eigenvalue weighted by atomic mass is 35.5. The third-order valence-electron chi connectivity index (χ3n) is 5.88. The largest absolute Gasteiger partial charge is 0.495 e. The fourth-order valence-corrected chi connectivity index (χ4v) is 4.30. The van der Waals surface area contributed by atoms with E-state index >= 15 is 0 Å². The van der Waals surface area contributed by atoms with E-state index in [0.717, 1.165) is 55.1 Å². The number of nitrogens with zero attached hydrogens (tertiary/aromatic N) is 5. The Kier molecular flexibility index (Phi) is 6.13. The van der Waals surface area contributed by atoms with Crippen molar-refractivity contribution >= 4 is 28.9 Å². The zero-order valence-corrected chi connectivity index (χ0v) is 19.0. The van der Waals surface area contributed by atoms with Gasteiger partial charge in [0.05, 0.1) is 42.0 Å². The Labute approximate surface area is 196 Å². The number of ether oxygens (including phenoxy) is 1. The van der Waals surface area contributed by atoms with Gasteiger partial charge in [-0.1, -0.05) is 23.7 Å². The maximum Gasteiger partial charge on any atom is 0.227 e. The van der Waals surface area contributed by atoms with Gasteiger partial charge in [-0.05, 0) is 42.7 Å². The number of nitrogens with one attached hydrogen (secondary N) is 1. The molecule has 1 aromatic carbocycles. The van der Waals surface area contributed by atoms with Crippen LogP contribution in [0.15, 0.2) is 55.0 Å². The topological polar surface area (TPSA) is 87.8 Å². The van der Waals surface area contributed by atoms with Crippen LogP contribution in [0.5, 0.6) is 5.75 Å². The zero-order chi connectivity index (χ0) is 22.8. The lowest BCUT2D eigenvalue weighted by Crippen LogP contribution is -2.35. The SMILES string of the molecule is COc1cc(CN2CCC(O)CC2)ccc1Nc1ncc(Cl)c(-c2cnc3ccccn23)n1. The van der Waals surface area contributed by atoms with Gasteiger partial charge in [0, 0.05) is 25.8 Å². The molecule has 0 aliphatic carbocycles. The summed E-state index contributed by atoms with van der Waals surface area (Å²) in [5, 5.41) is 13.4. The highest BCUT2D eigenvalue weighted by Gasteiger charge is 2.18. The Morgan fingerprint density at radius 2 is 2.00 bits per heavy atom. The second kappa shape index (κ2) is 9.35. The Hall–Kier alpha value is -3.20. The predicted octanol–water partition coefficient (Wildman–Crippen LogP) is 4.15. The van der Waals surface area contributed by atoms with E-state index in [1.54, 1.807) is 19.5 Å². The number of aliphatic hydroxyl groups is 1. The molecule has 170 valence electrons. The summed E-state index contributed by atoms with van der Waals surface area (Å²) in [6, 6.07) is 11.9. The van der Waals surface area contributed by atoms with Crippen LogP contribution in [0, 0.1) is 0 Å².